The minimum Gasteiger partial charge on any atom is -0.508 e. The Labute approximate surface area is 172 Å². The quantitative estimate of drug-likeness (QED) is 0.322. The number of nitrogens with zero attached hydrogens (tertiary/aromatic N) is 3. The normalized spacial score (nSPS) is 10.7. The fourth-order valence-electron chi connectivity index (χ4n) is 3.02. The third-order valence-electron chi connectivity index (χ3n) is 4.56. The number of carbonyl (C=O) groups is 1. The minimum atomic E-state index is -0.607. The van der Waals surface area contributed by atoms with E-state index in [-0.39, 0.29) is 11.3 Å². The molecule has 0 atom stereocenters. The first-order chi connectivity index (χ1) is 14.5. The molecular formula is C21H21N7O2. The Morgan fingerprint density at radius 3 is 2.53 bits per heavy atom. The number of anilines is 3. The molecule has 6 N–H and O–H groups in total. The van der Waals surface area contributed by atoms with E-state index in [0.717, 1.165) is 22.6 Å². The highest BCUT2D eigenvalue weighted by molar-refractivity contribution is 6.03. The molecule has 0 saturated heterocycles. The number of aryl methyl sites for hydroxylation is 1. The summed E-state index contributed by atoms with van der Waals surface area (Å²) in [7, 11) is 0. The largest absolute Gasteiger partial charge is 0.508 e. The lowest BCUT2D eigenvalue weighted by Crippen LogP contribution is -2.15. The fraction of sp³-hybridized carbons (Fsp3) is 0.0952. The first kappa shape index (κ1) is 19.1. The molecule has 0 spiro atoms. The number of amides is 1. The summed E-state index contributed by atoms with van der Waals surface area (Å²) >= 11 is 0. The number of hydrogen-bond donors (Lipinski definition) is 5. The second-order valence-electron chi connectivity index (χ2n) is 6.80. The van der Waals surface area contributed by atoms with Gasteiger partial charge >= 0.3 is 0 Å². The number of primary amides is 1. The summed E-state index contributed by atoms with van der Waals surface area (Å²) in [5, 5.41) is 22.6. The molecular weight excluding hydrogens is 382 g/mol. The van der Waals surface area contributed by atoms with Crippen LogP contribution in [0.4, 0.5) is 17.3 Å². The van der Waals surface area contributed by atoms with Crippen LogP contribution in [0, 0.1) is 6.92 Å². The van der Waals surface area contributed by atoms with Gasteiger partial charge in [-0.05, 0) is 48.9 Å². The van der Waals surface area contributed by atoms with E-state index in [4.69, 9.17) is 5.73 Å². The van der Waals surface area contributed by atoms with Crippen molar-refractivity contribution in [1.29, 1.82) is 0 Å². The molecule has 4 rings (SSSR count). The third kappa shape index (κ3) is 4.09. The molecule has 2 heterocycles. The number of nitrogens with one attached hydrogen (secondary N) is 3. The Balaban J connectivity index is 1.50. The minimum absolute atomic E-state index is 0.192. The molecule has 2 aromatic carbocycles. The lowest BCUT2D eigenvalue weighted by molar-refractivity contribution is 0.100. The number of aromatic nitrogens is 4. The summed E-state index contributed by atoms with van der Waals surface area (Å²) in [5.41, 5.74) is 9.42. The summed E-state index contributed by atoms with van der Waals surface area (Å²) in [6.07, 6.45) is 3.69. The van der Waals surface area contributed by atoms with Gasteiger partial charge in [0.15, 0.2) is 5.82 Å². The van der Waals surface area contributed by atoms with E-state index in [1.807, 2.05) is 42.0 Å². The Morgan fingerprint density at radius 1 is 1.17 bits per heavy atom. The Hall–Kier alpha value is -4.27. The molecule has 152 valence electrons. The summed E-state index contributed by atoms with van der Waals surface area (Å²) in [4.78, 5) is 16.3. The van der Waals surface area contributed by atoms with Crippen LogP contribution in [-0.2, 0) is 6.54 Å². The van der Waals surface area contributed by atoms with Crippen LogP contribution in [0.5, 0.6) is 5.75 Å². The Kier molecular flexibility index (Phi) is 5.08. The molecule has 1 amide bonds. The predicted octanol–water partition coefficient (Wildman–Crippen LogP) is 3.06. The first-order valence-corrected chi connectivity index (χ1v) is 9.27. The molecule has 0 unspecified atom stereocenters. The van der Waals surface area contributed by atoms with Crippen LogP contribution >= 0.6 is 0 Å². The second-order valence-corrected chi connectivity index (χ2v) is 6.80. The number of benzene rings is 2. The number of aromatic amines is 1. The molecule has 0 aliphatic rings. The smallest absolute Gasteiger partial charge is 0.256 e. The van der Waals surface area contributed by atoms with Gasteiger partial charge in [-0.25, -0.2) is 4.98 Å². The van der Waals surface area contributed by atoms with Crippen molar-refractivity contribution in [1.82, 2.24) is 19.7 Å². The molecule has 9 nitrogen and oxygen atoms in total. The number of hydrogen-bond acceptors (Lipinski definition) is 6. The Bertz CT molecular complexity index is 1160. The predicted molar refractivity (Wildman–Crippen MR) is 114 cm³/mol. The highest BCUT2D eigenvalue weighted by atomic mass is 16.3. The summed E-state index contributed by atoms with van der Waals surface area (Å²) in [6.45, 7) is 2.35. The van der Waals surface area contributed by atoms with E-state index in [1.165, 1.54) is 0 Å². The summed E-state index contributed by atoms with van der Waals surface area (Å²) < 4.78 is 1.93. The molecule has 0 bridgehead atoms. The third-order valence-corrected chi connectivity index (χ3v) is 4.56. The molecule has 4 aromatic rings. The number of phenols is 1. The van der Waals surface area contributed by atoms with Crippen LogP contribution in [-0.4, -0.2) is 30.8 Å². The number of rotatable bonds is 7. The fourth-order valence-corrected chi connectivity index (χ4v) is 3.02. The van der Waals surface area contributed by atoms with Crippen molar-refractivity contribution in [2.24, 2.45) is 5.73 Å². The zero-order chi connectivity index (χ0) is 21.1. The molecule has 0 aliphatic heterocycles. The van der Waals surface area contributed by atoms with Gasteiger partial charge in [-0.1, -0.05) is 12.1 Å². The van der Waals surface area contributed by atoms with Gasteiger partial charge in [0, 0.05) is 24.1 Å². The average Bonchev–Trinajstić information content (AvgIpc) is 3.34. The van der Waals surface area contributed by atoms with Crippen LogP contribution < -0.4 is 16.4 Å². The van der Waals surface area contributed by atoms with Gasteiger partial charge in [0.05, 0.1) is 12.0 Å². The highest BCUT2D eigenvalue weighted by Crippen LogP contribution is 2.25. The van der Waals surface area contributed by atoms with Crippen molar-refractivity contribution in [3.8, 4) is 11.4 Å². The van der Waals surface area contributed by atoms with Crippen molar-refractivity contribution in [3.63, 3.8) is 0 Å². The van der Waals surface area contributed by atoms with Gasteiger partial charge in [0.1, 0.15) is 17.1 Å². The van der Waals surface area contributed by atoms with Gasteiger partial charge < -0.3 is 26.0 Å². The SMILES string of the molecule is Cc1cn(-c2ccc(Nc3[nH]nc(NCc4ccc(O)cc4)c3C(N)=O)cc2)cn1. The maximum absolute atomic E-state index is 12.0. The van der Waals surface area contributed by atoms with E-state index < -0.39 is 5.91 Å². The lowest BCUT2D eigenvalue weighted by atomic mass is 10.2. The van der Waals surface area contributed by atoms with Crippen LogP contribution in [0.1, 0.15) is 21.6 Å². The van der Waals surface area contributed by atoms with E-state index in [9.17, 15) is 9.90 Å². The standard InChI is InChI=1S/C21H21N7O2/c1-13-11-28(12-24-13)16-6-4-15(5-7-16)25-21-18(19(22)30)20(26-27-21)23-10-14-2-8-17(29)9-3-14/h2-9,11-12,29H,10H2,1H3,(H2,22,30)(H3,23,25,26,27). The van der Waals surface area contributed by atoms with Gasteiger partial charge in [0.25, 0.3) is 5.91 Å². The topological polar surface area (TPSA) is 134 Å². The second kappa shape index (κ2) is 8.00. The van der Waals surface area contributed by atoms with Crippen LogP contribution in [0.25, 0.3) is 5.69 Å². The monoisotopic (exact) mass is 403 g/mol. The molecule has 0 saturated carbocycles. The number of imidazole rings is 1. The summed E-state index contributed by atoms with van der Waals surface area (Å²) in [5.74, 6) is 0.340. The maximum Gasteiger partial charge on any atom is 0.256 e. The number of phenolic OH excluding ortho intramolecular Hbond substituents is 1. The number of carbonyl (C=O) groups excluding carboxylic acids is 1. The van der Waals surface area contributed by atoms with Crippen LogP contribution in [0.3, 0.4) is 0 Å². The van der Waals surface area contributed by atoms with Gasteiger partial charge in [-0.15, -0.1) is 0 Å². The van der Waals surface area contributed by atoms with E-state index >= 15 is 0 Å². The summed E-state index contributed by atoms with van der Waals surface area (Å²) in [6, 6.07) is 14.4. The van der Waals surface area contributed by atoms with Gasteiger partial charge in [-0.2, -0.15) is 5.10 Å². The van der Waals surface area contributed by atoms with E-state index in [0.29, 0.717) is 18.2 Å². The highest BCUT2D eigenvalue weighted by Gasteiger charge is 2.18. The molecule has 0 radical (unpaired) electrons. The van der Waals surface area contributed by atoms with Crippen molar-refractivity contribution < 1.29 is 9.90 Å². The van der Waals surface area contributed by atoms with Crippen molar-refractivity contribution >= 4 is 23.2 Å². The molecule has 0 aliphatic carbocycles. The van der Waals surface area contributed by atoms with Crippen molar-refractivity contribution in [2.75, 3.05) is 10.6 Å². The first-order valence-electron chi connectivity index (χ1n) is 9.27. The van der Waals surface area contributed by atoms with Crippen LogP contribution in [0.2, 0.25) is 0 Å². The van der Waals surface area contributed by atoms with E-state index in [2.05, 4.69) is 25.8 Å². The van der Waals surface area contributed by atoms with Crippen molar-refractivity contribution in [3.05, 3.63) is 77.9 Å². The number of aromatic hydroxyl groups is 1. The molecule has 2 aromatic heterocycles. The lowest BCUT2D eigenvalue weighted by Gasteiger charge is -2.09. The zero-order valence-corrected chi connectivity index (χ0v) is 16.3. The number of nitrogens with two attached hydrogens (primary N) is 1. The number of H-pyrrole nitrogens is 1. The van der Waals surface area contributed by atoms with Crippen LogP contribution in [0.15, 0.2) is 61.1 Å². The average molecular weight is 403 g/mol. The zero-order valence-electron chi connectivity index (χ0n) is 16.3. The maximum atomic E-state index is 12.0. The molecule has 30 heavy (non-hydrogen) atoms. The van der Waals surface area contributed by atoms with E-state index in [1.54, 1.807) is 30.6 Å². The van der Waals surface area contributed by atoms with Gasteiger partial charge in [0.2, 0.25) is 0 Å². The molecule has 9 heteroatoms. The van der Waals surface area contributed by atoms with Crippen molar-refractivity contribution in [2.45, 2.75) is 13.5 Å². The molecule has 0 fully saturated rings. The Morgan fingerprint density at radius 2 is 1.90 bits per heavy atom. The van der Waals surface area contributed by atoms with Gasteiger partial charge in [-0.3, -0.25) is 9.89 Å².